The number of benzene rings is 1. The first-order valence-electron chi connectivity index (χ1n) is 8.29. The van der Waals surface area contributed by atoms with Gasteiger partial charge in [0.15, 0.2) is 12.2 Å². The van der Waals surface area contributed by atoms with Gasteiger partial charge >= 0.3 is 5.97 Å². The second kappa shape index (κ2) is 10.5. The Hall–Kier alpha value is -2.54. The first-order chi connectivity index (χ1) is 12.3. The summed E-state index contributed by atoms with van der Waals surface area (Å²) in [5.74, 6) is -0.280. The highest BCUT2D eigenvalue weighted by Crippen LogP contribution is 2.29. The van der Waals surface area contributed by atoms with Gasteiger partial charge in [0.05, 0.1) is 26.5 Å². The summed E-state index contributed by atoms with van der Waals surface area (Å²) in [5, 5.41) is 2.73. The fourth-order valence-electron chi connectivity index (χ4n) is 2.11. The van der Waals surface area contributed by atoms with E-state index in [1.165, 1.54) is 20.3 Å². The van der Waals surface area contributed by atoms with Crippen molar-refractivity contribution in [1.82, 2.24) is 0 Å². The Bertz CT molecular complexity index is 628. The maximum absolute atomic E-state index is 12.7. The highest BCUT2D eigenvalue weighted by atomic mass is 16.6. The second-order valence-electron chi connectivity index (χ2n) is 5.92. The highest BCUT2D eigenvalue weighted by Gasteiger charge is 2.29. The first kappa shape index (κ1) is 21.5. The summed E-state index contributed by atoms with van der Waals surface area (Å²) in [7, 11) is 3.02. The Morgan fingerprint density at radius 3 is 2.42 bits per heavy atom. The van der Waals surface area contributed by atoms with Gasteiger partial charge in [-0.1, -0.05) is 19.9 Å². The van der Waals surface area contributed by atoms with E-state index in [-0.39, 0.29) is 12.5 Å². The predicted octanol–water partition coefficient (Wildman–Crippen LogP) is 2.80. The summed E-state index contributed by atoms with van der Waals surface area (Å²) in [5.41, 5.74) is 0.425. The SMILES string of the molecule is C=CCOC(C)C(=O)OC(C(=O)Nc1cc(OC)ccc1OC)C(C)C. The van der Waals surface area contributed by atoms with Gasteiger partial charge in [0.2, 0.25) is 0 Å². The zero-order valence-electron chi connectivity index (χ0n) is 15.9. The number of hydrogen-bond acceptors (Lipinski definition) is 6. The molecule has 0 saturated carbocycles. The number of carbonyl (C=O) groups is 2. The third-order valence-corrected chi connectivity index (χ3v) is 3.57. The van der Waals surface area contributed by atoms with E-state index in [9.17, 15) is 9.59 Å². The average Bonchev–Trinajstić information content (AvgIpc) is 2.63. The molecule has 26 heavy (non-hydrogen) atoms. The van der Waals surface area contributed by atoms with E-state index in [0.717, 1.165) is 0 Å². The molecule has 0 fully saturated rings. The third kappa shape index (κ3) is 6.07. The molecule has 0 aliphatic rings. The lowest BCUT2D eigenvalue weighted by molar-refractivity contribution is -0.166. The van der Waals surface area contributed by atoms with E-state index >= 15 is 0 Å². The molecule has 0 spiro atoms. The molecule has 0 aliphatic carbocycles. The Labute approximate surface area is 154 Å². The van der Waals surface area contributed by atoms with Gasteiger partial charge in [-0.3, -0.25) is 4.79 Å². The number of amides is 1. The summed E-state index contributed by atoms with van der Waals surface area (Å²) < 4.78 is 21.0. The van der Waals surface area contributed by atoms with Crippen molar-refractivity contribution in [2.45, 2.75) is 33.0 Å². The molecule has 7 nitrogen and oxygen atoms in total. The Kier molecular flexibility index (Phi) is 8.64. The van der Waals surface area contributed by atoms with Crippen molar-refractivity contribution in [3.63, 3.8) is 0 Å². The molecule has 0 radical (unpaired) electrons. The normalized spacial score (nSPS) is 12.8. The van der Waals surface area contributed by atoms with Crippen molar-refractivity contribution < 1.29 is 28.5 Å². The summed E-state index contributed by atoms with van der Waals surface area (Å²) in [6.07, 6.45) is -0.243. The topological polar surface area (TPSA) is 83.1 Å². The highest BCUT2D eigenvalue weighted by molar-refractivity contribution is 5.97. The lowest BCUT2D eigenvalue weighted by Gasteiger charge is -2.23. The van der Waals surface area contributed by atoms with Crippen molar-refractivity contribution in [1.29, 1.82) is 0 Å². The van der Waals surface area contributed by atoms with Crippen molar-refractivity contribution in [2.75, 3.05) is 26.1 Å². The monoisotopic (exact) mass is 365 g/mol. The van der Waals surface area contributed by atoms with Crippen LogP contribution in [0.3, 0.4) is 0 Å². The van der Waals surface area contributed by atoms with Crippen LogP contribution in [0.2, 0.25) is 0 Å². The van der Waals surface area contributed by atoms with Gasteiger partial charge in [0, 0.05) is 6.07 Å². The summed E-state index contributed by atoms with van der Waals surface area (Å²) in [4.78, 5) is 24.8. The summed E-state index contributed by atoms with van der Waals surface area (Å²) >= 11 is 0. The van der Waals surface area contributed by atoms with Gasteiger partial charge in [-0.15, -0.1) is 6.58 Å². The molecule has 1 rings (SSSR count). The van der Waals surface area contributed by atoms with Crippen LogP contribution in [0.5, 0.6) is 11.5 Å². The van der Waals surface area contributed by atoms with Crippen molar-refractivity contribution in [3.8, 4) is 11.5 Å². The predicted molar refractivity (Wildman–Crippen MR) is 98.5 cm³/mol. The van der Waals surface area contributed by atoms with Gasteiger partial charge in [-0.25, -0.2) is 4.79 Å². The van der Waals surface area contributed by atoms with Crippen molar-refractivity contribution in [2.24, 2.45) is 5.92 Å². The number of hydrogen-bond donors (Lipinski definition) is 1. The van der Waals surface area contributed by atoms with Crippen LogP contribution in [-0.4, -0.2) is 44.9 Å². The van der Waals surface area contributed by atoms with Gasteiger partial charge in [-0.05, 0) is 25.0 Å². The minimum Gasteiger partial charge on any atom is -0.497 e. The van der Waals surface area contributed by atoms with Crippen LogP contribution >= 0.6 is 0 Å². The Morgan fingerprint density at radius 1 is 1.19 bits per heavy atom. The maximum atomic E-state index is 12.7. The number of esters is 1. The smallest absolute Gasteiger partial charge is 0.335 e. The molecular formula is C19H27NO6. The molecule has 0 heterocycles. The van der Waals surface area contributed by atoms with E-state index in [2.05, 4.69) is 11.9 Å². The van der Waals surface area contributed by atoms with Gasteiger partial charge in [0.1, 0.15) is 11.5 Å². The van der Waals surface area contributed by atoms with Crippen LogP contribution in [-0.2, 0) is 19.1 Å². The van der Waals surface area contributed by atoms with Crippen LogP contribution < -0.4 is 14.8 Å². The van der Waals surface area contributed by atoms with E-state index in [4.69, 9.17) is 18.9 Å². The van der Waals surface area contributed by atoms with Crippen LogP contribution in [0.15, 0.2) is 30.9 Å². The number of methoxy groups -OCH3 is 2. The largest absolute Gasteiger partial charge is 0.497 e. The molecule has 0 saturated heterocycles. The average molecular weight is 365 g/mol. The molecule has 0 aromatic heterocycles. The van der Waals surface area contributed by atoms with Crippen molar-refractivity contribution >= 4 is 17.6 Å². The number of carbonyl (C=O) groups excluding carboxylic acids is 2. The molecular weight excluding hydrogens is 338 g/mol. The number of nitrogens with one attached hydrogen (secondary N) is 1. The number of ether oxygens (including phenoxy) is 4. The minimum absolute atomic E-state index is 0.218. The van der Waals surface area contributed by atoms with Crippen molar-refractivity contribution in [3.05, 3.63) is 30.9 Å². The zero-order valence-corrected chi connectivity index (χ0v) is 15.9. The quantitative estimate of drug-likeness (QED) is 0.507. The van der Waals surface area contributed by atoms with Crippen LogP contribution in [0.25, 0.3) is 0 Å². The Balaban J connectivity index is 2.89. The molecule has 7 heteroatoms. The number of anilines is 1. The van der Waals surface area contributed by atoms with Gasteiger partial charge in [-0.2, -0.15) is 0 Å². The van der Waals surface area contributed by atoms with E-state index in [1.807, 2.05) is 0 Å². The van der Waals surface area contributed by atoms with Gasteiger partial charge < -0.3 is 24.3 Å². The number of rotatable bonds is 10. The molecule has 144 valence electrons. The lowest BCUT2D eigenvalue weighted by Crippen LogP contribution is -2.39. The van der Waals surface area contributed by atoms with Gasteiger partial charge in [0.25, 0.3) is 5.91 Å². The molecule has 1 aromatic rings. The summed E-state index contributed by atoms with van der Waals surface area (Å²) in [6, 6.07) is 5.02. The molecule has 1 aromatic carbocycles. The maximum Gasteiger partial charge on any atom is 0.335 e. The fourth-order valence-corrected chi connectivity index (χ4v) is 2.11. The lowest BCUT2D eigenvalue weighted by atomic mass is 10.1. The summed E-state index contributed by atoms with van der Waals surface area (Å²) in [6.45, 7) is 8.88. The first-order valence-corrected chi connectivity index (χ1v) is 8.29. The Morgan fingerprint density at radius 2 is 1.88 bits per heavy atom. The molecule has 1 N–H and O–H groups in total. The second-order valence-corrected chi connectivity index (χ2v) is 5.92. The standard InChI is InChI=1S/C19H27NO6/c1-7-10-25-13(4)19(22)26-17(12(2)3)18(21)20-15-11-14(23-5)8-9-16(15)24-6/h7-9,11-13,17H,1,10H2,2-6H3,(H,20,21). The minimum atomic E-state index is -0.979. The van der Waals surface area contributed by atoms with Crippen LogP contribution in [0.1, 0.15) is 20.8 Å². The van der Waals surface area contributed by atoms with Crippen LogP contribution in [0, 0.1) is 5.92 Å². The molecule has 2 unspecified atom stereocenters. The molecule has 0 aliphatic heterocycles. The van der Waals surface area contributed by atoms with E-state index in [1.54, 1.807) is 39.0 Å². The van der Waals surface area contributed by atoms with E-state index < -0.39 is 24.1 Å². The molecule has 0 bridgehead atoms. The van der Waals surface area contributed by atoms with E-state index in [0.29, 0.717) is 17.2 Å². The fraction of sp³-hybridized carbons (Fsp3) is 0.474. The van der Waals surface area contributed by atoms with Crippen LogP contribution in [0.4, 0.5) is 5.69 Å². The third-order valence-electron chi connectivity index (χ3n) is 3.57. The molecule has 2 atom stereocenters. The molecule has 1 amide bonds. The zero-order chi connectivity index (χ0) is 19.7.